The number of hydroxylamine groups is 1. The number of likely N-dealkylation sites (tertiary alicyclic amines) is 1. The molecule has 1 aliphatic rings. The summed E-state index contributed by atoms with van der Waals surface area (Å²) in [5.74, 6) is 4.81. The van der Waals surface area contributed by atoms with Crippen LogP contribution < -0.4 is 10.8 Å². The summed E-state index contributed by atoms with van der Waals surface area (Å²) in [4.78, 5) is 26.4. The first kappa shape index (κ1) is 27.1. The fourth-order valence-corrected chi connectivity index (χ4v) is 3.79. The quantitative estimate of drug-likeness (QED) is 0.298. The van der Waals surface area contributed by atoms with Crippen molar-refractivity contribution in [1.82, 2.24) is 15.7 Å². The molecule has 2 amide bonds. The highest BCUT2D eigenvalue weighted by atomic mass is 16.5. The number of hydrogen-bond acceptors (Lipinski definition) is 5. The zero-order chi connectivity index (χ0) is 23.6. The summed E-state index contributed by atoms with van der Waals surface area (Å²) in [6.45, 7) is 4.67. The molecule has 0 aliphatic carbocycles. The Balaban J connectivity index is 0.00000408. The smallest absolute Gasteiger partial charge is 0.268 e. The molecular formula is C27H35N3O4. The Morgan fingerprint density at radius 1 is 0.941 bits per heavy atom. The van der Waals surface area contributed by atoms with Crippen LogP contribution in [-0.2, 0) is 11.3 Å². The SMILES string of the molecule is C.C[C@@H](O)[C@H](NC(=O)c1ccc(C#Cc2ccc(CN3CCCCCC3)cc2)cc1)C(=O)NO. The number of nitrogens with one attached hydrogen (secondary N) is 2. The third-order valence-electron chi connectivity index (χ3n) is 5.72. The van der Waals surface area contributed by atoms with Crippen LogP contribution in [0.2, 0.25) is 0 Å². The minimum Gasteiger partial charge on any atom is -0.391 e. The van der Waals surface area contributed by atoms with Gasteiger partial charge in [-0.3, -0.25) is 19.7 Å². The standard InChI is InChI=1S/C26H31N3O4.CH4/c1-19(30)24(26(32)28-33)27-25(31)23-14-12-21(13-15-23)7-6-20-8-10-22(11-9-20)18-29-16-4-2-3-5-17-29;/h8-15,19,24,30,33H,2-5,16-18H2,1H3,(H,27,31)(H,28,32);1H4/t19-,24+;/m1./s1. The van der Waals surface area contributed by atoms with Crippen molar-refractivity contribution in [1.29, 1.82) is 0 Å². The second kappa shape index (κ2) is 13.5. The van der Waals surface area contributed by atoms with E-state index >= 15 is 0 Å². The molecule has 34 heavy (non-hydrogen) atoms. The van der Waals surface area contributed by atoms with Gasteiger partial charge in [0.15, 0.2) is 0 Å². The number of rotatable bonds is 6. The Morgan fingerprint density at radius 2 is 1.47 bits per heavy atom. The third kappa shape index (κ3) is 7.99. The minimum absolute atomic E-state index is 0. The average molecular weight is 466 g/mol. The van der Waals surface area contributed by atoms with Crippen molar-refractivity contribution in [3.63, 3.8) is 0 Å². The van der Waals surface area contributed by atoms with Gasteiger partial charge in [0.1, 0.15) is 6.04 Å². The van der Waals surface area contributed by atoms with E-state index in [4.69, 9.17) is 5.21 Å². The van der Waals surface area contributed by atoms with E-state index in [1.165, 1.54) is 56.7 Å². The molecule has 7 nitrogen and oxygen atoms in total. The van der Waals surface area contributed by atoms with E-state index < -0.39 is 24.0 Å². The summed E-state index contributed by atoms with van der Waals surface area (Å²) in [7, 11) is 0. The lowest BCUT2D eigenvalue weighted by Crippen LogP contribution is -2.51. The molecule has 0 spiro atoms. The van der Waals surface area contributed by atoms with Gasteiger partial charge in [-0.25, -0.2) is 5.48 Å². The van der Waals surface area contributed by atoms with Crippen molar-refractivity contribution < 1.29 is 19.9 Å². The van der Waals surface area contributed by atoms with E-state index in [1.54, 1.807) is 24.3 Å². The van der Waals surface area contributed by atoms with Gasteiger partial charge in [-0.1, -0.05) is 44.2 Å². The maximum absolute atomic E-state index is 12.3. The lowest BCUT2D eigenvalue weighted by molar-refractivity contribution is -0.133. The fraction of sp³-hybridized carbons (Fsp3) is 0.407. The van der Waals surface area contributed by atoms with E-state index in [-0.39, 0.29) is 7.43 Å². The molecule has 0 radical (unpaired) electrons. The van der Waals surface area contributed by atoms with Crippen LogP contribution in [0.4, 0.5) is 0 Å². The molecule has 4 N–H and O–H groups in total. The number of carbonyl (C=O) groups excluding carboxylic acids is 2. The maximum atomic E-state index is 12.3. The molecule has 182 valence electrons. The van der Waals surface area contributed by atoms with Crippen molar-refractivity contribution in [3.05, 3.63) is 70.8 Å². The summed E-state index contributed by atoms with van der Waals surface area (Å²) >= 11 is 0. The van der Waals surface area contributed by atoms with Gasteiger partial charge in [-0.2, -0.15) is 0 Å². The summed E-state index contributed by atoms with van der Waals surface area (Å²) in [5, 5.41) is 20.8. The molecule has 7 heteroatoms. The topological polar surface area (TPSA) is 102 Å². The number of aliphatic hydroxyl groups is 1. The summed E-state index contributed by atoms with van der Waals surface area (Å²) in [6.07, 6.45) is 4.06. The van der Waals surface area contributed by atoms with Gasteiger partial charge >= 0.3 is 0 Å². The molecule has 1 aliphatic heterocycles. The predicted molar refractivity (Wildman–Crippen MR) is 132 cm³/mol. The Bertz CT molecular complexity index is 983. The first-order chi connectivity index (χ1) is 16.0. The highest BCUT2D eigenvalue weighted by Crippen LogP contribution is 2.14. The highest BCUT2D eigenvalue weighted by molar-refractivity contribution is 5.97. The molecule has 2 aromatic rings. The lowest BCUT2D eigenvalue weighted by Gasteiger charge is -2.19. The van der Waals surface area contributed by atoms with Gasteiger partial charge in [-0.15, -0.1) is 0 Å². The normalized spacial score (nSPS) is 15.5. The van der Waals surface area contributed by atoms with Gasteiger partial charge < -0.3 is 10.4 Å². The van der Waals surface area contributed by atoms with E-state index in [9.17, 15) is 14.7 Å². The first-order valence-corrected chi connectivity index (χ1v) is 11.3. The molecule has 1 saturated heterocycles. The average Bonchev–Trinajstić information content (AvgIpc) is 3.10. The highest BCUT2D eigenvalue weighted by Gasteiger charge is 2.25. The van der Waals surface area contributed by atoms with E-state index in [2.05, 4.69) is 34.2 Å². The molecule has 2 atom stereocenters. The van der Waals surface area contributed by atoms with Crippen molar-refractivity contribution in [2.75, 3.05) is 13.1 Å². The van der Waals surface area contributed by atoms with Crippen molar-refractivity contribution >= 4 is 11.8 Å². The Labute approximate surface area is 202 Å². The molecule has 3 rings (SSSR count). The monoisotopic (exact) mass is 465 g/mol. The number of benzene rings is 2. The summed E-state index contributed by atoms with van der Waals surface area (Å²) in [5.41, 5.74) is 4.72. The van der Waals surface area contributed by atoms with Crippen LogP contribution in [0.15, 0.2) is 48.5 Å². The number of amides is 2. The number of aliphatic hydroxyl groups excluding tert-OH is 1. The van der Waals surface area contributed by atoms with Gasteiger partial charge in [0.25, 0.3) is 11.8 Å². The number of nitrogens with zero attached hydrogens (tertiary/aromatic N) is 1. The van der Waals surface area contributed by atoms with Crippen LogP contribution in [0.1, 0.15) is 67.1 Å². The zero-order valence-electron chi connectivity index (χ0n) is 18.9. The Hall–Kier alpha value is -3.18. The van der Waals surface area contributed by atoms with Crippen molar-refractivity contribution in [2.24, 2.45) is 0 Å². The third-order valence-corrected chi connectivity index (χ3v) is 5.72. The van der Waals surface area contributed by atoms with Gasteiger partial charge in [0.05, 0.1) is 6.10 Å². The molecule has 0 unspecified atom stereocenters. The molecule has 2 aromatic carbocycles. The van der Waals surface area contributed by atoms with E-state index in [0.29, 0.717) is 5.56 Å². The molecule has 0 bridgehead atoms. The second-order valence-corrected chi connectivity index (χ2v) is 8.38. The van der Waals surface area contributed by atoms with Crippen LogP contribution in [0.3, 0.4) is 0 Å². The Kier molecular flexibility index (Phi) is 10.8. The van der Waals surface area contributed by atoms with Crippen molar-refractivity contribution in [2.45, 2.75) is 58.7 Å². The van der Waals surface area contributed by atoms with Gasteiger partial charge in [-0.05, 0) is 74.8 Å². The predicted octanol–water partition coefficient (Wildman–Crippen LogP) is 3.08. The van der Waals surface area contributed by atoms with Gasteiger partial charge in [0, 0.05) is 23.2 Å². The van der Waals surface area contributed by atoms with Crippen LogP contribution in [-0.4, -0.2) is 52.3 Å². The Morgan fingerprint density at radius 3 is 1.97 bits per heavy atom. The number of carbonyl (C=O) groups is 2. The van der Waals surface area contributed by atoms with Crippen molar-refractivity contribution in [3.8, 4) is 11.8 Å². The minimum atomic E-state index is -1.26. The lowest BCUT2D eigenvalue weighted by atomic mass is 10.1. The molecule has 0 saturated carbocycles. The molecule has 1 heterocycles. The maximum Gasteiger partial charge on any atom is 0.268 e. The van der Waals surface area contributed by atoms with E-state index in [0.717, 1.165) is 17.7 Å². The van der Waals surface area contributed by atoms with Crippen LogP contribution in [0, 0.1) is 11.8 Å². The summed E-state index contributed by atoms with van der Waals surface area (Å²) < 4.78 is 0. The molecule has 0 aromatic heterocycles. The van der Waals surface area contributed by atoms with E-state index in [1.807, 2.05) is 12.1 Å². The largest absolute Gasteiger partial charge is 0.391 e. The van der Waals surface area contributed by atoms with Crippen LogP contribution in [0.25, 0.3) is 0 Å². The number of hydrogen-bond donors (Lipinski definition) is 4. The molecular weight excluding hydrogens is 430 g/mol. The fourth-order valence-electron chi connectivity index (χ4n) is 3.79. The second-order valence-electron chi connectivity index (χ2n) is 8.38. The van der Waals surface area contributed by atoms with Crippen LogP contribution in [0.5, 0.6) is 0 Å². The zero-order valence-corrected chi connectivity index (χ0v) is 18.9. The molecule has 1 fully saturated rings. The van der Waals surface area contributed by atoms with Crippen LogP contribution >= 0.6 is 0 Å². The van der Waals surface area contributed by atoms with Gasteiger partial charge in [0.2, 0.25) is 0 Å². The summed E-state index contributed by atoms with van der Waals surface area (Å²) in [6, 6.07) is 13.7. The first-order valence-electron chi connectivity index (χ1n) is 11.3.